The lowest BCUT2D eigenvalue weighted by Crippen LogP contribution is -2.03. The van der Waals surface area contributed by atoms with Crippen molar-refractivity contribution in [2.75, 3.05) is 62.7 Å². The summed E-state index contributed by atoms with van der Waals surface area (Å²) in [5, 5.41) is 0. The first kappa shape index (κ1) is 20.8. The normalized spacial score (nSPS) is 22.0. The molecule has 2 saturated heterocycles. The molecule has 0 aromatic heterocycles. The molecule has 4 nitrogen and oxygen atoms in total. The standard InChI is InChI=1S/C18H34O4S2/c1(3-9-23-11-5-7-19-13-17-15-21-17)2-4-10-24-12-6-8-20-14-18-16-22-18/h17-18H,1-16H2. The third kappa shape index (κ3) is 13.8. The van der Waals surface area contributed by atoms with Gasteiger partial charge in [0.15, 0.2) is 0 Å². The molecule has 0 bridgehead atoms. The lowest BCUT2D eigenvalue weighted by atomic mass is 10.2. The number of hydrogen-bond donors (Lipinski definition) is 0. The SMILES string of the molecule is C(CCCSCCCOCC1CO1)CCSCCCOCC1CO1. The molecular weight excluding hydrogens is 344 g/mol. The van der Waals surface area contributed by atoms with Gasteiger partial charge in [-0.3, -0.25) is 0 Å². The van der Waals surface area contributed by atoms with Crippen LogP contribution in [0, 0.1) is 0 Å². The Morgan fingerprint density at radius 1 is 0.625 bits per heavy atom. The maximum Gasteiger partial charge on any atom is 0.104 e. The van der Waals surface area contributed by atoms with Crippen LogP contribution in [0.5, 0.6) is 0 Å². The van der Waals surface area contributed by atoms with E-state index in [1.807, 2.05) is 0 Å². The van der Waals surface area contributed by atoms with Gasteiger partial charge in [0.25, 0.3) is 0 Å². The molecule has 0 spiro atoms. The van der Waals surface area contributed by atoms with Crippen molar-refractivity contribution < 1.29 is 18.9 Å². The monoisotopic (exact) mass is 378 g/mol. The lowest BCUT2D eigenvalue weighted by Gasteiger charge is -2.04. The largest absolute Gasteiger partial charge is 0.379 e. The topological polar surface area (TPSA) is 43.5 Å². The Balaban J connectivity index is 1.15. The minimum absolute atomic E-state index is 0.409. The van der Waals surface area contributed by atoms with Crippen LogP contribution in [-0.2, 0) is 18.9 Å². The van der Waals surface area contributed by atoms with Gasteiger partial charge in [0.1, 0.15) is 12.2 Å². The van der Waals surface area contributed by atoms with Crippen molar-refractivity contribution in [2.24, 2.45) is 0 Å². The molecule has 142 valence electrons. The fourth-order valence-corrected chi connectivity index (χ4v) is 4.12. The number of ether oxygens (including phenoxy) is 4. The molecule has 0 aromatic carbocycles. The molecule has 0 aliphatic carbocycles. The maximum absolute atomic E-state index is 5.53. The molecular formula is C18H34O4S2. The van der Waals surface area contributed by atoms with E-state index in [2.05, 4.69) is 23.5 Å². The Bertz CT molecular complexity index is 258. The molecule has 0 N–H and O–H groups in total. The van der Waals surface area contributed by atoms with Gasteiger partial charge in [-0.25, -0.2) is 0 Å². The van der Waals surface area contributed by atoms with Crippen LogP contribution in [0.1, 0.15) is 38.5 Å². The summed E-state index contributed by atoms with van der Waals surface area (Å²) in [5.41, 5.74) is 0. The van der Waals surface area contributed by atoms with E-state index in [1.165, 1.54) is 61.5 Å². The van der Waals surface area contributed by atoms with Crippen LogP contribution in [-0.4, -0.2) is 74.9 Å². The van der Waals surface area contributed by atoms with E-state index in [0.717, 1.165) is 39.6 Å². The lowest BCUT2D eigenvalue weighted by molar-refractivity contribution is 0.117. The molecule has 24 heavy (non-hydrogen) atoms. The minimum Gasteiger partial charge on any atom is -0.379 e. The van der Waals surface area contributed by atoms with Crippen LogP contribution < -0.4 is 0 Å². The molecule has 0 amide bonds. The molecule has 6 heteroatoms. The van der Waals surface area contributed by atoms with Crippen LogP contribution in [0.3, 0.4) is 0 Å². The Hall–Kier alpha value is 0.540. The Labute approximate surface area is 156 Å². The molecule has 2 atom stereocenters. The van der Waals surface area contributed by atoms with Crippen molar-refractivity contribution in [2.45, 2.75) is 50.7 Å². The third-order valence-electron chi connectivity index (χ3n) is 3.89. The molecule has 2 rings (SSSR count). The highest BCUT2D eigenvalue weighted by Crippen LogP contribution is 2.13. The number of rotatable bonds is 19. The van der Waals surface area contributed by atoms with Crippen molar-refractivity contribution in [1.29, 1.82) is 0 Å². The minimum atomic E-state index is 0.409. The van der Waals surface area contributed by atoms with Gasteiger partial charge < -0.3 is 18.9 Å². The van der Waals surface area contributed by atoms with Crippen molar-refractivity contribution in [3.8, 4) is 0 Å². The van der Waals surface area contributed by atoms with Gasteiger partial charge in [0.2, 0.25) is 0 Å². The van der Waals surface area contributed by atoms with Crippen molar-refractivity contribution in [3.05, 3.63) is 0 Å². The van der Waals surface area contributed by atoms with Crippen molar-refractivity contribution >= 4 is 23.5 Å². The molecule has 2 aliphatic rings. The van der Waals surface area contributed by atoms with Crippen LogP contribution in [0.2, 0.25) is 0 Å². The second-order valence-electron chi connectivity index (χ2n) is 6.41. The van der Waals surface area contributed by atoms with E-state index in [-0.39, 0.29) is 0 Å². The zero-order chi connectivity index (χ0) is 16.7. The van der Waals surface area contributed by atoms with Crippen molar-refractivity contribution in [1.82, 2.24) is 0 Å². The highest BCUT2D eigenvalue weighted by Gasteiger charge is 2.22. The Morgan fingerprint density at radius 2 is 1.04 bits per heavy atom. The summed E-state index contributed by atoms with van der Waals surface area (Å²) in [4.78, 5) is 0. The first-order valence-corrected chi connectivity index (χ1v) is 11.8. The van der Waals surface area contributed by atoms with Crippen LogP contribution in [0.4, 0.5) is 0 Å². The molecule has 2 heterocycles. The average Bonchev–Trinajstić information content (AvgIpc) is 3.48. The summed E-state index contributed by atoms with van der Waals surface area (Å²) in [5.74, 6) is 5.08. The van der Waals surface area contributed by atoms with Crippen LogP contribution in [0.25, 0.3) is 0 Å². The van der Waals surface area contributed by atoms with Gasteiger partial charge in [0, 0.05) is 13.2 Å². The second kappa shape index (κ2) is 14.7. The van der Waals surface area contributed by atoms with Crippen LogP contribution in [0.15, 0.2) is 0 Å². The fourth-order valence-electron chi connectivity index (χ4n) is 2.25. The quantitative estimate of drug-likeness (QED) is 0.253. The smallest absolute Gasteiger partial charge is 0.104 e. The molecule has 0 saturated carbocycles. The summed E-state index contributed by atoms with van der Waals surface area (Å²) in [7, 11) is 0. The number of unbranched alkanes of at least 4 members (excludes halogenated alkanes) is 3. The molecule has 2 unspecified atom stereocenters. The molecule has 0 radical (unpaired) electrons. The Kier molecular flexibility index (Phi) is 12.8. The van der Waals surface area contributed by atoms with Crippen LogP contribution >= 0.6 is 23.5 Å². The van der Waals surface area contributed by atoms with Gasteiger partial charge in [0.05, 0.1) is 26.4 Å². The van der Waals surface area contributed by atoms with Gasteiger partial charge in [-0.1, -0.05) is 12.8 Å². The van der Waals surface area contributed by atoms with Crippen molar-refractivity contribution in [3.63, 3.8) is 0 Å². The maximum atomic E-state index is 5.53. The van der Waals surface area contributed by atoms with E-state index in [9.17, 15) is 0 Å². The highest BCUT2D eigenvalue weighted by molar-refractivity contribution is 7.99. The second-order valence-corrected chi connectivity index (χ2v) is 8.86. The molecule has 0 aromatic rings. The van der Waals surface area contributed by atoms with E-state index < -0.39 is 0 Å². The third-order valence-corrected chi connectivity index (χ3v) is 6.20. The summed E-state index contributed by atoms with van der Waals surface area (Å²) < 4.78 is 21.3. The summed E-state index contributed by atoms with van der Waals surface area (Å²) in [6.45, 7) is 5.18. The summed E-state index contributed by atoms with van der Waals surface area (Å²) in [6, 6.07) is 0. The molecule has 2 aliphatic heterocycles. The van der Waals surface area contributed by atoms with Gasteiger partial charge in [-0.15, -0.1) is 0 Å². The highest BCUT2D eigenvalue weighted by atomic mass is 32.2. The number of thioether (sulfide) groups is 2. The first-order valence-electron chi connectivity index (χ1n) is 9.49. The Morgan fingerprint density at radius 3 is 1.46 bits per heavy atom. The number of epoxide rings is 2. The fraction of sp³-hybridized carbons (Fsp3) is 1.00. The van der Waals surface area contributed by atoms with Gasteiger partial charge in [-0.2, -0.15) is 23.5 Å². The first-order chi connectivity index (χ1) is 11.9. The van der Waals surface area contributed by atoms with Gasteiger partial charge >= 0.3 is 0 Å². The average molecular weight is 379 g/mol. The van der Waals surface area contributed by atoms with E-state index >= 15 is 0 Å². The predicted molar refractivity (Wildman–Crippen MR) is 103 cm³/mol. The molecule has 2 fully saturated rings. The number of hydrogen-bond acceptors (Lipinski definition) is 6. The summed E-state index contributed by atoms with van der Waals surface area (Å²) in [6.07, 6.45) is 8.66. The predicted octanol–water partition coefficient (Wildman–Crippen LogP) is 3.62. The zero-order valence-electron chi connectivity index (χ0n) is 14.9. The zero-order valence-corrected chi connectivity index (χ0v) is 16.6. The van der Waals surface area contributed by atoms with Gasteiger partial charge in [-0.05, 0) is 48.7 Å². The van der Waals surface area contributed by atoms with E-state index in [1.54, 1.807) is 0 Å². The van der Waals surface area contributed by atoms with E-state index in [4.69, 9.17) is 18.9 Å². The summed E-state index contributed by atoms with van der Waals surface area (Å²) >= 11 is 4.15. The van der Waals surface area contributed by atoms with E-state index in [0.29, 0.717) is 12.2 Å².